The lowest BCUT2D eigenvalue weighted by molar-refractivity contribution is -0.121. The van der Waals surface area contributed by atoms with Gasteiger partial charge in [0, 0.05) is 18.4 Å². The maximum atomic E-state index is 14.8. The van der Waals surface area contributed by atoms with E-state index in [1.807, 2.05) is 13.8 Å². The average Bonchev–Trinajstić information content (AvgIpc) is 3.23. The smallest absolute Gasteiger partial charge is 0.200 e. The zero-order valence-electron chi connectivity index (χ0n) is 36.4. The number of ketones is 1. The number of carbonyl (C=O) groups excluding carboxylic acids is 1. The third-order valence-electron chi connectivity index (χ3n) is 13.9. The van der Waals surface area contributed by atoms with E-state index in [9.17, 15) is 27.5 Å². The summed E-state index contributed by atoms with van der Waals surface area (Å²) in [6.45, 7) is 9.39. The molecule has 0 aromatic heterocycles. The van der Waals surface area contributed by atoms with Crippen LogP contribution < -0.4 is 9.47 Å². The Labute approximate surface area is 348 Å². The molecule has 0 spiro atoms. The van der Waals surface area contributed by atoms with Crippen LogP contribution in [0.15, 0.2) is 30.3 Å². The molecule has 328 valence electrons. The quantitative estimate of drug-likeness (QED) is 0.144. The van der Waals surface area contributed by atoms with Crippen molar-refractivity contribution in [3.8, 4) is 11.5 Å². The van der Waals surface area contributed by atoms with Gasteiger partial charge in [0.15, 0.2) is 23.1 Å². The topological polar surface area (TPSA) is 55.8 Å². The van der Waals surface area contributed by atoms with E-state index >= 15 is 0 Å². The summed E-state index contributed by atoms with van der Waals surface area (Å²) < 4.78 is 65.2. The molecule has 2 aromatic carbocycles. The van der Waals surface area contributed by atoms with Gasteiger partial charge in [0.1, 0.15) is 5.78 Å². The molecule has 8 heteroatoms. The molecule has 4 aliphatic carbocycles. The van der Waals surface area contributed by atoms with Gasteiger partial charge in [-0.3, -0.25) is 4.79 Å². The number of carbonyl (C=O) groups is 1. The van der Waals surface area contributed by atoms with Gasteiger partial charge in [-0.05, 0) is 137 Å². The van der Waals surface area contributed by atoms with Crippen LogP contribution in [-0.2, 0) is 10.4 Å². The molecule has 0 heterocycles. The molecule has 0 saturated heterocycles. The summed E-state index contributed by atoms with van der Waals surface area (Å²) in [5.74, 6) is 1.88. The van der Waals surface area contributed by atoms with Crippen LogP contribution in [-0.4, -0.2) is 24.1 Å². The maximum Gasteiger partial charge on any atom is 0.200 e. The third kappa shape index (κ3) is 14.5. The highest BCUT2D eigenvalue weighted by Gasteiger charge is 2.40. The van der Waals surface area contributed by atoms with Gasteiger partial charge in [-0.15, -0.1) is 0 Å². The van der Waals surface area contributed by atoms with Crippen molar-refractivity contribution in [2.24, 2.45) is 35.5 Å². The predicted molar refractivity (Wildman–Crippen MR) is 227 cm³/mol. The van der Waals surface area contributed by atoms with Crippen molar-refractivity contribution < 1.29 is 36.9 Å². The molecule has 0 aliphatic heterocycles. The number of benzene rings is 2. The van der Waals surface area contributed by atoms with Crippen molar-refractivity contribution in [3.63, 3.8) is 0 Å². The predicted octanol–water partition coefficient (Wildman–Crippen LogP) is 14.6. The standard InChI is InChI=1S/C25H38F2O2.C15H26O.C10H12F2O/c1-3-5-17-29-22-12-11-21(23(26)24(22)27)25(28)15-13-20(14-16-25)19-9-7-18(6-4-2)8-10-19;1-2-3-12-4-6-13(7-5-12)14-8-10-15(16)11-9-14;1-2-3-7-13-9-6-4-5-8(11)10(9)12/h11-12,18-20,28H,3-10,13-17H2,1-2H3;12-14H,2-11H2,1H3;4-6H,2-3,7H2,1H3. The molecule has 1 N–H and O–H groups in total. The van der Waals surface area contributed by atoms with Gasteiger partial charge in [-0.2, -0.15) is 8.78 Å². The summed E-state index contributed by atoms with van der Waals surface area (Å²) in [4.78, 5) is 11.2. The zero-order chi connectivity index (χ0) is 41.9. The molecule has 4 aliphatic rings. The van der Waals surface area contributed by atoms with Crippen LogP contribution in [0.3, 0.4) is 0 Å². The van der Waals surface area contributed by atoms with Crippen molar-refractivity contribution in [1.82, 2.24) is 0 Å². The Morgan fingerprint density at radius 2 is 1.03 bits per heavy atom. The van der Waals surface area contributed by atoms with E-state index in [1.54, 1.807) is 0 Å². The molecule has 4 nitrogen and oxygen atoms in total. The lowest BCUT2D eigenvalue weighted by Gasteiger charge is -2.41. The second-order valence-electron chi connectivity index (χ2n) is 18.1. The minimum atomic E-state index is -1.26. The minimum Gasteiger partial charge on any atom is -0.490 e. The fourth-order valence-corrected chi connectivity index (χ4v) is 10.3. The summed E-state index contributed by atoms with van der Waals surface area (Å²) in [6.07, 6.45) is 27.0. The van der Waals surface area contributed by atoms with Gasteiger partial charge in [-0.25, -0.2) is 8.78 Å². The highest BCUT2D eigenvalue weighted by atomic mass is 19.2. The lowest BCUT2D eigenvalue weighted by Crippen LogP contribution is -2.35. The van der Waals surface area contributed by atoms with Crippen LogP contribution in [0.25, 0.3) is 0 Å². The normalized spacial score (nSPS) is 26.5. The van der Waals surface area contributed by atoms with Gasteiger partial charge < -0.3 is 14.6 Å². The number of unbranched alkanes of at least 4 members (excludes halogenated alkanes) is 2. The lowest BCUT2D eigenvalue weighted by atomic mass is 9.66. The molecule has 4 fully saturated rings. The highest BCUT2D eigenvalue weighted by molar-refractivity contribution is 5.79. The average molecular weight is 817 g/mol. The van der Waals surface area contributed by atoms with Crippen LogP contribution >= 0.6 is 0 Å². The molecule has 6 rings (SSSR count). The van der Waals surface area contributed by atoms with Crippen molar-refractivity contribution in [2.75, 3.05) is 13.2 Å². The van der Waals surface area contributed by atoms with Crippen LogP contribution in [0.2, 0.25) is 0 Å². The first kappa shape index (κ1) is 48.1. The van der Waals surface area contributed by atoms with Crippen LogP contribution in [0.5, 0.6) is 11.5 Å². The molecule has 0 unspecified atom stereocenters. The first-order valence-electron chi connectivity index (χ1n) is 23.4. The highest BCUT2D eigenvalue weighted by Crippen LogP contribution is 2.47. The van der Waals surface area contributed by atoms with E-state index in [2.05, 4.69) is 13.8 Å². The molecule has 0 atom stereocenters. The van der Waals surface area contributed by atoms with E-state index in [4.69, 9.17) is 9.47 Å². The van der Waals surface area contributed by atoms with E-state index in [-0.39, 0.29) is 17.1 Å². The van der Waals surface area contributed by atoms with Crippen LogP contribution in [0.1, 0.15) is 187 Å². The molecular formula is C50H76F4O4. The largest absolute Gasteiger partial charge is 0.490 e. The number of Topliss-reactive ketones (excluding diaryl/α,β-unsaturated/α-hetero) is 1. The van der Waals surface area contributed by atoms with Crippen LogP contribution in [0.4, 0.5) is 17.6 Å². The Hall–Kier alpha value is -2.61. The van der Waals surface area contributed by atoms with Gasteiger partial charge in [-0.1, -0.05) is 98.0 Å². The summed E-state index contributed by atoms with van der Waals surface area (Å²) in [6, 6.07) is 6.92. The van der Waals surface area contributed by atoms with Gasteiger partial charge in [0.05, 0.1) is 18.8 Å². The first-order chi connectivity index (χ1) is 28.0. The maximum absolute atomic E-state index is 14.8. The number of hydrogen-bond acceptors (Lipinski definition) is 4. The zero-order valence-corrected chi connectivity index (χ0v) is 36.4. The summed E-state index contributed by atoms with van der Waals surface area (Å²) >= 11 is 0. The van der Waals surface area contributed by atoms with Crippen molar-refractivity contribution >= 4 is 5.78 Å². The molecular weight excluding hydrogens is 741 g/mol. The molecule has 58 heavy (non-hydrogen) atoms. The Bertz CT molecular complexity index is 1460. The Balaban J connectivity index is 0.000000215. The fraction of sp³-hybridized carbons (Fsp3) is 0.740. The van der Waals surface area contributed by atoms with Gasteiger partial charge in [0.2, 0.25) is 11.6 Å². The Morgan fingerprint density at radius 3 is 1.52 bits per heavy atom. The van der Waals surface area contributed by atoms with Crippen molar-refractivity contribution in [3.05, 3.63) is 59.2 Å². The fourth-order valence-electron chi connectivity index (χ4n) is 10.3. The summed E-state index contributed by atoms with van der Waals surface area (Å²) in [5, 5.41) is 11.1. The van der Waals surface area contributed by atoms with Crippen LogP contribution in [0, 0.1) is 58.8 Å². The second kappa shape index (κ2) is 25.2. The number of halogens is 4. The first-order valence-corrected chi connectivity index (χ1v) is 23.4. The van der Waals surface area contributed by atoms with Gasteiger partial charge in [0.25, 0.3) is 0 Å². The summed E-state index contributed by atoms with van der Waals surface area (Å²) in [5.41, 5.74) is -1.16. The SMILES string of the molecule is CCCC1CCC(C2CCC(=O)CC2)CC1.CCCCOc1ccc(C2(O)CCC(C3CCC(CCC)CC3)CC2)c(F)c1F.CCCCOc1cccc(F)c1F. The van der Waals surface area contributed by atoms with E-state index in [0.29, 0.717) is 37.8 Å². The van der Waals surface area contributed by atoms with Gasteiger partial charge >= 0.3 is 0 Å². The van der Waals surface area contributed by atoms with Crippen molar-refractivity contribution in [1.29, 1.82) is 0 Å². The minimum absolute atomic E-state index is 0.00606. The number of rotatable bonds is 15. The molecule has 0 radical (unpaired) electrons. The number of ether oxygens (including phenoxy) is 2. The molecule has 0 bridgehead atoms. The molecule has 2 aromatic rings. The van der Waals surface area contributed by atoms with E-state index in [0.717, 1.165) is 87.0 Å². The van der Waals surface area contributed by atoms with E-state index < -0.39 is 28.9 Å². The Kier molecular flexibility index (Phi) is 20.9. The number of hydrogen-bond donors (Lipinski definition) is 1. The monoisotopic (exact) mass is 817 g/mol. The molecule has 0 amide bonds. The third-order valence-corrected chi connectivity index (χ3v) is 13.9. The number of aliphatic hydroxyl groups is 1. The van der Waals surface area contributed by atoms with E-state index in [1.165, 1.54) is 114 Å². The molecule has 4 saturated carbocycles. The van der Waals surface area contributed by atoms with Crippen molar-refractivity contribution in [2.45, 2.75) is 187 Å². The Morgan fingerprint density at radius 1 is 0.569 bits per heavy atom. The second-order valence-corrected chi connectivity index (χ2v) is 18.1. The summed E-state index contributed by atoms with van der Waals surface area (Å²) in [7, 11) is 0.